The van der Waals surface area contributed by atoms with Crippen LogP contribution in [0.1, 0.15) is 60.7 Å². The number of benzene rings is 1. The number of imide groups is 1. The molecule has 6 nitrogen and oxygen atoms in total. The summed E-state index contributed by atoms with van der Waals surface area (Å²) in [5.74, 6) is -1.11. The van der Waals surface area contributed by atoms with Gasteiger partial charge in [0.25, 0.3) is 11.8 Å². The first kappa shape index (κ1) is 18.1. The number of carbonyl (C=O) groups is 3. The van der Waals surface area contributed by atoms with Crippen LogP contribution in [-0.2, 0) is 4.79 Å². The fourth-order valence-electron chi connectivity index (χ4n) is 3.49. The number of carbonyl (C=O) groups excluding carboxylic acids is 3. The second-order valence-electron chi connectivity index (χ2n) is 7.75. The van der Waals surface area contributed by atoms with Crippen LogP contribution >= 0.6 is 0 Å². The molecule has 1 aromatic carbocycles. The number of hydrogen-bond acceptors (Lipinski definition) is 4. The number of fused-ring (bicyclic) bond motifs is 1. The standard InChI is InChI=1S/C20H23N3O3/c1-12(2)10-16(17(24)22-20(3,11-21)13-8-9-13)23-18(25)14-6-4-5-7-15(14)19(23)26/h4-7,12-13,16H,8-10H2,1-3H3,(H,22,24)/t16-,20+/m0/s1. The highest BCUT2D eigenvalue weighted by Gasteiger charge is 2.47. The average molecular weight is 353 g/mol. The van der Waals surface area contributed by atoms with Crippen LogP contribution in [0.5, 0.6) is 0 Å². The molecule has 1 heterocycles. The molecule has 6 heteroatoms. The van der Waals surface area contributed by atoms with Crippen molar-refractivity contribution in [2.45, 2.75) is 51.6 Å². The molecule has 3 rings (SSSR count). The number of nitriles is 1. The fourth-order valence-corrected chi connectivity index (χ4v) is 3.49. The van der Waals surface area contributed by atoms with Gasteiger partial charge in [0.15, 0.2) is 0 Å². The lowest BCUT2D eigenvalue weighted by atomic mass is 9.95. The van der Waals surface area contributed by atoms with Crippen molar-refractivity contribution in [3.8, 4) is 6.07 Å². The van der Waals surface area contributed by atoms with E-state index in [0.29, 0.717) is 17.5 Å². The van der Waals surface area contributed by atoms with E-state index in [-0.39, 0.29) is 11.8 Å². The van der Waals surface area contributed by atoms with E-state index in [2.05, 4.69) is 11.4 Å². The maximum absolute atomic E-state index is 13.0. The van der Waals surface area contributed by atoms with E-state index >= 15 is 0 Å². The first-order valence-corrected chi connectivity index (χ1v) is 8.98. The SMILES string of the molecule is CC(C)C[C@@H](C(=O)N[C@](C)(C#N)C1CC1)N1C(=O)c2ccccc2C1=O. The highest BCUT2D eigenvalue weighted by molar-refractivity contribution is 6.22. The molecule has 2 atom stereocenters. The minimum Gasteiger partial charge on any atom is -0.336 e. The summed E-state index contributed by atoms with van der Waals surface area (Å²) in [4.78, 5) is 39.6. The van der Waals surface area contributed by atoms with E-state index < -0.39 is 29.3 Å². The quantitative estimate of drug-likeness (QED) is 0.796. The van der Waals surface area contributed by atoms with Gasteiger partial charge in [-0.2, -0.15) is 5.26 Å². The van der Waals surface area contributed by atoms with Gasteiger partial charge in [-0.25, -0.2) is 0 Å². The van der Waals surface area contributed by atoms with E-state index in [4.69, 9.17) is 0 Å². The Balaban J connectivity index is 1.90. The third-order valence-corrected chi connectivity index (χ3v) is 5.14. The summed E-state index contributed by atoms with van der Waals surface area (Å²) in [5.41, 5.74) is -0.320. The number of amides is 3. The van der Waals surface area contributed by atoms with Crippen molar-refractivity contribution in [2.75, 3.05) is 0 Å². The summed E-state index contributed by atoms with van der Waals surface area (Å²) >= 11 is 0. The molecule has 1 aromatic rings. The van der Waals surface area contributed by atoms with Crippen molar-refractivity contribution in [3.05, 3.63) is 35.4 Å². The minimum atomic E-state index is -0.967. The molecular formula is C20H23N3O3. The summed E-state index contributed by atoms with van der Waals surface area (Å²) in [7, 11) is 0. The van der Waals surface area contributed by atoms with Gasteiger partial charge in [-0.1, -0.05) is 26.0 Å². The molecule has 3 amide bonds. The maximum atomic E-state index is 13.0. The van der Waals surface area contributed by atoms with Crippen LogP contribution in [0.25, 0.3) is 0 Å². The molecule has 0 spiro atoms. The molecule has 136 valence electrons. The molecule has 1 N–H and O–H groups in total. The lowest BCUT2D eigenvalue weighted by Crippen LogP contribution is -2.56. The zero-order valence-corrected chi connectivity index (χ0v) is 15.3. The second kappa shape index (κ2) is 6.56. The minimum absolute atomic E-state index is 0.101. The predicted octanol–water partition coefficient (Wildman–Crippen LogP) is 2.51. The van der Waals surface area contributed by atoms with Gasteiger partial charge in [0.1, 0.15) is 11.6 Å². The molecule has 0 saturated heterocycles. The van der Waals surface area contributed by atoms with Crippen LogP contribution in [0.15, 0.2) is 24.3 Å². The lowest BCUT2D eigenvalue weighted by Gasteiger charge is -2.31. The van der Waals surface area contributed by atoms with E-state index in [0.717, 1.165) is 17.7 Å². The number of rotatable bonds is 6. The van der Waals surface area contributed by atoms with Gasteiger partial charge in [0.05, 0.1) is 17.2 Å². The normalized spacial score (nSPS) is 19.7. The molecule has 0 radical (unpaired) electrons. The number of nitrogens with zero attached hydrogens (tertiary/aromatic N) is 2. The number of nitrogens with one attached hydrogen (secondary N) is 1. The molecule has 0 unspecified atom stereocenters. The van der Waals surface area contributed by atoms with E-state index in [1.165, 1.54) is 0 Å². The second-order valence-corrected chi connectivity index (χ2v) is 7.75. The van der Waals surface area contributed by atoms with Crippen molar-refractivity contribution < 1.29 is 14.4 Å². The Morgan fingerprint density at radius 2 is 1.81 bits per heavy atom. The molecule has 2 aliphatic rings. The Kier molecular flexibility index (Phi) is 4.57. The molecule has 1 aliphatic carbocycles. The Bertz CT molecular complexity index is 772. The van der Waals surface area contributed by atoms with E-state index in [1.807, 2.05) is 13.8 Å². The average Bonchev–Trinajstić information content (AvgIpc) is 3.42. The van der Waals surface area contributed by atoms with Gasteiger partial charge in [-0.3, -0.25) is 19.3 Å². The first-order valence-electron chi connectivity index (χ1n) is 8.98. The molecule has 0 bridgehead atoms. The van der Waals surface area contributed by atoms with Crippen LogP contribution in [0.3, 0.4) is 0 Å². The van der Waals surface area contributed by atoms with Gasteiger partial charge in [0.2, 0.25) is 5.91 Å². The Labute approximate surface area is 153 Å². The molecule has 26 heavy (non-hydrogen) atoms. The van der Waals surface area contributed by atoms with Gasteiger partial charge in [0, 0.05) is 0 Å². The maximum Gasteiger partial charge on any atom is 0.262 e. The predicted molar refractivity (Wildman–Crippen MR) is 95.1 cm³/mol. The monoisotopic (exact) mass is 353 g/mol. The van der Waals surface area contributed by atoms with Crippen LogP contribution in [0, 0.1) is 23.2 Å². The third-order valence-electron chi connectivity index (χ3n) is 5.14. The van der Waals surface area contributed by atoms with Crippen LogP contribution < -0.4 is 5.32 Å². The lowest BCUT2D eigenvalue weighted by molar-refractivity contribution is -0.127. The van der Waals surface area contributed by atoms with E-state index in [9.17, 15) is 19.6 Å². The Hall–Kier alpha value is -2.68. The first-order chi connectivity index (χ1) is 12.3. The van der Waals surface area contributed by atoms with Gasteiger partial charge in [-0.15, -0.1) is 0 Å². The highest BCUT2D eigenvalue weighted by atomic mass is 16.2. The topological polar surface area (TPSA) is 90.3 Å². The fraction of sp³-hybridized carbons (Fsp3) is 0.500. The van der Waals surface area contributed by atoms with Gasteiger partial charge >= 0.3 is 0 Å². The summed E-state index contributed by atoms with van der Waals surface area (Å²) in [6.07, 6.45) is 2.14. The molecule has 1 aliphatic heterocycles. The Morgan fingerprint density at radius 3 is 2.23 bits per heavy atom. The van der Waals surface area contributed by atoms with Crippen molar-refractivity contribution in [3.63, 3.8) is 0 Å². The van der Waals surface area contributed by atoms with Crippen molar-refractivity contribution in [2.24, 2.45) is 11.8 Å². The van der Waals surface area contributed by atoms with Crippen molar-refractivity contribution >= 4 is 17.7 Å². The zero-order chi connectivity index (χ0) is 19.1. The molecule has 1 saturated carbocycles. The molecule has 1 fully saturated rings. The summed E-state index contributed by atoms with van der Waals surface area (Å²) < 4.78 is 0. The smallest absolute Gasteiger partial charge is 0.262 e. The van der Waals surface area contributed by atoms with Gasteiger partial charge < -0.3 is 5.32 Å². The van der Waals surface area contributed by atoms with Crippen molar-refractivity contribution in [1.82, 2.24) is 10.2 Å². The van der Waals surface area contributed by atoms with E-state index in [1.54, 1.807) is 31.2 Å². The van der Waals surface area contributed by atoms with Crippen LogP contribution in [0.4, 0.5) is 0 Å². The molecular weight excluding hydrogens is 330 g/mol. The third kappa shape index (κ3) is 3.10. The Morgan fingerprint density at radius 1 is 1.27 bits per heavy atom. The summed E-state index contributed by atoms with van der Waals surface area (Å²) in [6, 6.07) is 7.87. The molecule has 0 aromatic heterocycles. The highest BCUT2D eigenvalue weighted by Crippen LogP contribution is 2.39. The number of hydrogen-bond donors (Lipinski definition) is 1. The van der Waals surface area contributed by atoms with Crippen molar-refractivity contribution in [1.29, 1.82) is 5.26 Å². The zero-order valence-electron chi connectivity index (χ0n) is 15.3. The summed E-state index contributed by atoms with van der Waals surface area (Å²) in [5, 5.41) is 12.3. The largest absolute Gasteiger partial charge is 0.336 e. The van der Waals surface area contributed by atoms with Crippen LogP contribution in [-0.4, -0.2) is 34.2 Å². The van der Waals surface area contributed by atoms with Gasteiger partial charge in [-0.05, 0) is 50.2 Å². The summed E-state index contributed by atoms with van der Waals surface area (Å²) in [6.45, 7) is 5.57. The van der Waals surface area contributed by atoms with Crippen LogP contribution in [0.2, 0.25) is 0 Å².